The Hall–Kier alpha value is -5.71. The number of aliphatic hydroxyl groups excluding tert-OH is 2. The molecule has 4 atom stereocenters. The summed E-state index contributed by atoms with van der Waals surface area (Å²) >= 11 is 8.35. The number of anilines is 2. The van der Waals surface area contributed by atoms with Crippen molar-refractivity contribution >= 4 is 52.7 Å². The number of β-amino-alcohol motifs (C(OH)–C–C–N with tert-alkyl or cyclic N) is 1. The van der Waals surface area contributed by atoms with Gasteiger partial charge in [0.1, 0.15) is 28.6 Å². The number of aromatic nitrogens is 8. The van der Waals surface area contributed by atoms with Gasteiger partial charge in [-0.05, 0) is 107 Å². The number of carbonyl (C=O) groups is 3. The minimum absolute atomic E-state index is 0.0446. The maximum atomic E-state index is 14.5. The first-order valence-corrected chi connectivity index (χ1v) is 28.1. The highest BCUT2D eigenvalue weighted by Crippen LogP contribution is 2.38. The van der Waals surface area contributed by atoms with E-state index in [0.29, 0.717) is 85.2 Å². The summed E-state index contributed by atoms with van der Waals surface area (Å²) in [5.74, 6) is 0.587. The molecule has 4 fully saturated rings. The Kier molecular flexibility index (Phi) is 17.6. The molecule has 0 saturated carbocycles. The van der Waals surface area contributed by atoms with Crippen LogP contribution in [0.15, 0.2) is 71.1 Å². The van der Waals surface area contributed by atoms with Gasteiger partial charge in [0.15, 0.2) is 5.82 Å². The van der Waals surface area contributed by atoms with Crippen LogP contribution in [0, 0.1) is 24.2 Å². The Morgan fingerprint density at radius 1 is 0.974 bits per heavy atom. The van der Waals surface area contributed by atoms with Gasteiger partial charge in [-0.25, -0.2) is 19.6 Å². The smallest absolute Gasteiger partial charge is 0.248 e. The van der Waals surface area contributed by atoms with E-state index in [0.717, 1.165) is 67.0 Å². The van der Waals surface area contributed by atoms with E-state index in [1.807, 2.05) is 66.8 Å². The van der Waals surface area contributed by atoms with E-state index in [4.69, 9.17) is 27.3 Å². The van der Waals surface area contributed by atoms with Crippen molar-refractivity contribution < 1.29 is 24.6 Å². The highest BCUT2D eigenvalue weighted by atomic mass is 35.5. The molecule has 0 spiro atoms. The number of nitrogens with one attached hydrogen (secondary N) is 2. The molecule has 0 unspecified atom stereocenters. The number of halogens is 1. The third-order valence-electron chi connectivity index (χ3n) is 15.9. The lowest BCUT2D eigenvalue weighted by Gasteiger charge is -2.39. The average molecular weight is 1080 g/mol. The number of hydrogen-bond donors (Lipinski definition) is 5. The van der Waals surface area contributed by atoms with Crippen molar-refractivity contribution in [3.63, 3.8) is 0 Å². The van der Waals surface area contributed by atoms with Crippen LogP contribution in [-0.4, -0.2) is 159 Å². The Morgan fingerprint density at radius 2 is 1.71 bits per heavy atom. The molecule has 76 heavy (non-hydrogen) atoms. The number of nitrogens with zero attached hydrogens (tertiary/aromatic N) is 12. The van der Waals surface area contributed by atoms with Gasteiger partial charge in [0.25, 0.3) is 0 Å². The van der Waals surface area contributed by atoms with Crippen LogP contribution in [0.25, 0.3) is 11.3 Å². The zero-order valence-corrected chi connectivity index (χ0v) is 46.0. The van der Waals surface area contributed by atoms with E-state index >= 15 is 0 Å². The SMILES string of the molecule is CCn1nccc1-c1ccc([C@H](CN2CCC(C(=O)N3CCC(Nc4nccc(Sc5cnc(N6CCC(C)(CN)CC6)c(CO)n5)c4Cl)CC3)CC2)NC(=O)[C@@H]2C[C@@H](O)CN2C(=O)[C@H](C(C)C)n2cc(C)nn2)cc1. The second-order valence-corrected chi connectivity index (χ2v) is 23.1. The van der Waals surface area contributed by atoms with Crippen molar-refractivity contribution in [3.05, 3.63) is 83.2 Å². The van der Waals surface area contributed by atoms with Gasteiger partial charge in [-0.2, -0.15) is 5.10 Å². The molecule has 0 bridgehead atoms. The van der Waals surface area contributed by atoms with Crippen LogP contribution in [0.2, 0.25) is 5.02 Å². The number of rotatable bonds is 18. The summed E-state index contributed by atoms with van der Waals surface area (Å²) in [7, 11) is 0. The first-order valence-electron chi connectivity index (χ1n) is 27.0. The lowest BCUT2D eigenvalue weighted by molar-refractivity contribution is -0.142. The number of nitrogens with two attached hydrogens (primary N) is 1. The number of piperidine rings is 3. The molecule has 22 heteroatoms. The van der Waals surface area contributed by atoms with Crippen molar-refractivity contribution in [2.24, 2.45) is 23.0 Å². The number of pyridine rings is 1. The minimum atomic E-state index is -0.875. The summed E-state index contributed by atoms with van der Waals surface area (Å²) in [5.41, 5.74) is 10.3. The molecule has 3 amide bonds. The van der Waals surface area contributed by atoms with Gasteiger partial charge in [-0.3, -0.25) is 19.1 Å². The Labute approximate surface area is 454 Å². The molecular weight excluding hydrogens is 1010 g/mol. The summed E-state index contributed by atoms with van der Waals surface area (Å²) in [4.78, 5) is 65.6. The van der Waals surface area contributed by atoms with E-state index in [2.05, 4.69) is 54.7 Å². The van der Waals surface area contributed by atoms with Crippen LogP contribution in [0.1, 0.15) is 102 Å². The molecule has 4 aliphatic rings. The molecule has 408 valence electrons. The van der Waals surface area contributed by atoms with Crippen molar-refractivity contribution in [1.29, 1.82) is 0 Å². The zero-order chi connectivity index (χ0) is 53.7. The lowest BCUT2D eigenvalue weighted by Crippen LogP contribution is -2.51. The predicted molar refractivity (Wildman–Crippen MR) is 291 cm³/mol. The standard InChI is InChI=1S/C54H74ClN15O5S/c1-6-69-43(11-20-59-69)37-9-7-36(8-10-37)41(62-51(73)44-27-40(72)30-68(44)53(75)48(34(2)3)70-29-35(4)63-64-70)31-65-21-13-38(14-22-65)52(74)67-23-15-39(16-24-67)60-49-47(55)45(12-19-57-49)76-46-28-58-50(42(32-71)61-46)66-25-17-54(5,33-56)18-26-66/h7-12,19-20,28-29,34,38-41,44,48,71-72H,6,13-18,21-27,30-33,56H2,1-5H3,(H,57,60)(H,62,73)/t40-,41+,44+,48+/m1/s1. The third-order valence-corrected chi connectivity index (χ3v) is 17.4. The minimum Gasteiger partial charge on any atom is -0.391 e. The fraction of sp³-hybridized carbons (Fsp3) is 0.574. The van der Waals surface area contributed by atoms with Crippen molar-refractivity contribution in [2.45, 2.75) is 133 Å². The number of hydrogen-bond acceptors (Lipinski definition) is 16. The van der Waals surface area contributed by atoms with E-state index in [1.165, 1.54) is 16.7 Å². The molecule has 8 heterocycles. The van der Waals surface area contributed by atoms with Crippen molar-refractivity contribution in [1.82, 2.24) is 59.7 Å². The first-order chi connectivity index (χ1) is 36.6. The fourth-order valence-corrected chi connectivity index (χ4v) is 12.3. The lowest BCUT2D eigenvalue weighted by atomic mass is 9.80. The quantitative estimate of drug-likeness (QED) is 0.0743. The van der Waals surface area contributed by atoms with E-state index < -0.39 is 24.2 Å². The van der Waals surface area contributed by atoms with Crippen LogP contribution in [-0.2, 0) is 27.5 Å². The number of benzene rings is 1. The second-order valence-electron chi connectivity index (χ2n) is 21.7. The number of aryl methyl sites for hydroxylation is 2. The van der Waals surface area contributed by atoms with Gasteiger partial charge in [-0.15, -0.1) is 5.10 Å². The highest BCUT2D eigenvalue weighted by molar-refractivity contribution is 7.99. The molecule has 4 aliphatic heterocycles. The highest BCUT2D eigenvalue weighted by Gasteiger charge is 2.44. The van der Waals surface area contributed by atoms with E-state index in [1.54, 1.807) is 29.5 Å². The topological polar surface area (TPSA) is 242 Å². The summed E-state index contributed by atoms with van der Waals surface area (Å²) in [5, 5.41) is 41.9. The maximum absolute atomic E-state index is 14.5. The van der Waals surface area contributed by atoms with Crippen LogP contribution >= 0.6 is 23.4 Å². The van der Waals surface area contributed by atoms with Crippen molar-refractivity contribution in [3.8, 4) is 11.3 Å². The number of amides is 3. The Morgan fingerprint density at radius 3 is 2.37 bits per heavy atom. The van der Waals surface area contributed by atoms with Gasteiger partial charge >= 0.3 is 0 Å². The average Bonchev–Trinajstić information content (AvgIpc) is 4.20. The molecule has 0 aliphatic carbocycles. The van der Waals surface area contributed by atoms with E-state index in [-0.39, 0.29) is 60.6 Å². The number of likely N-dealkylation sites (tertiary alicyclic amines) is 3. The molecule has 4 aromatic heterocycles. The fourth-order valence-electron chi connectivity index (χ4n) is 11.2. The summed E-state index contributed by atoms with van der Waals surface area (Å²) < 4.78 is 3.50. The van der Waals surface area contributed by atoms with Gasteiger partial charge in [0.05, 0.1) is 41.4 Å². The molecule has 6 N–H and O–H groups in total. The van der Waals surface area contributed by atoms with E-state index in [9.17, 15) is 24.6 Å². The van der Waals surface area contributed by atoms with Crippen LogP contribution in [0.4, 0.5) is 11.6 Å². The Bertz CT molecular complexity index is 2790. The predicted octanol–water partition coefficient (Wildman–Crippen LogP) is 5.35. The summed E-state index contributed by atoms with van der Waals surface area (Å²) in [6.45, 7) is 15.9. The maximum Gasteiger partial charge on any atom is 0.248 e. The zero-order valence-electron chi connectivity index (χ0n) is 44.4. The second kappa shape index (κ2) is 24.3. The van der Waals surface area contributed by atoms with Gasteiger partial charge < -0.3 is 46.2 Å². The summed E-state index contributed by atoms with van der Waals surface area (Å²) in [6, 6.07) is 10.1. The first kappa shape index (κ1) is 55.1. The van der Waals surface area contributed by atoms with Gasteiger partial charge in [0.2, 0.25) is 17.7 Å². The number of aliphatic hydroxyl groups is 2. The van der Waals surface area contributed by atoms with Gasteiger partial charge in [0, 0.05) is 87.7 Å². The van der Waals surface area contributed by atoms with Crippen LogP contribution < -0.4 is 21.3 Å². The molecular formula is C54H74ClN15O5S. The monoisotopic (exact) mass is 1080 g/mol. The normalized spacial score (nSPS) is 20.5. The summed E-state index contributed by atoms with van der Waals surface area (Å²) in [6.07, 6.45) is 11.0. The molecule has 0 radical (unpaired) electrons. The van der Waals surface area contributed by atoms with Crippen LogP contribution in [0.3, 0.4) is 0 Å². The third kappa shape index (κ3) is 12.5. The van der Waals surface area contributed by atoms with Gasteiger partial charge in [-0.1, -0.05) is 73.6 Å². The molecule has 4 saturated heterocycles. The van der Waals surface area contributed by atoms with Crippen LogP contribution in [0.5, 0.6) is 0 Å². The molecule has 9 rings (SSSR count). The number of carbonyl (C=O) groups excluding carboxylic acids is 3. The molecule has 1 aromatic carbocycles. The Balaban J connectivity index is 0.799. The molecule has 20 nitrogen and oxygen atoms in total. The largest absolute Gasteiger partial charge is 0.391 e. The molecule has 5 aromatic rings. The van der Waals surface area contributed by atoms with Crippen molar-refractivity contribution in [2.75, 3.05) is 69.1 Å².